The predicted octanol–water partition coefficient (Wildman–Crippen LogP) is 5.64. The number of rotatable bonds is 4. The largest absolute Gasteiger partial charge is 0.573 e. The number of nitrogens with one attached hydrogen (secondary N) is 1. The Morgan fingerprint density at radius 1 is 1.03 bits per heavy atom. The van der Waals surface area contributed by atoms with E-state index in [-0.39, 0.29) is 11.2 Å². The average molecular weight is 449 g/mol. The molecule has 0 saturated heterocycles. The summed E-state index contributed by atoms with van der Waals surface area (Å²) in [6, 6.07) is 17.0. The van der Waals surface area contributed by atoms with Gasteiger partial charge in [0.1, 0.15) is 17.1 Å². The van der Waals surface area contributed by atoms with Crippen LogP contribution < -0.4 is 10.2 Å². The topological polar surface area (TPSA) is 59.4 Å². The summed E-state index contributed by atoms with van der Waals surface area (Å²) in [5, 5.41) is 0.636. The van der Waals surface area contributed by atoms with E-state index < -0.39 is 6.36 Å². The number of imidazole rings is 1. The van der Waals surface area contributed by atoms with Crippen molar-refractivity contribution in [3.8, 4) is 17.1 Å². The lowest BCUT2D eigenvalue weighted by Gasteiger charge is -2.09. The van der Waals surface area contributed by atoms with Gasteiger partial charge in [-0.05, 0) is 60.9 Å². The van der Waals surface area contributed by atoms with E-state index in [9.17, 15) is 18.0 Å². The Labute approximate surface area is 186 Å². The van der Waals surface area contributed by atoms with E-state index in [2.05, 4.69) is 9.72 Å². The van der Waals surface area contributed by atoms with Crippen LogP contribution in [0.5, 0.6) is 5.75 Å². The molecule has 0 fully saturated rings. The summed E-state index contributed by atoms with van der Waals surface area (Å²) in [7, 11) is 0. The second-order valence-electron chi connectivity index (χ2n) is 7.79. The van der Waals surface area contributed by atoms with Gasteiger partial charge in [-0.3, -0.25) is 4.79 Å². The van der Waals surface area contributed by atoms with E-state index >= 15 is 0 Å². The number of pyridine rings is 2. The molecule has 0 aliphatic heterocycles. The van der Waals surface area contributed by atoms with Crippen LogP contribution in [0.3, 0.4) is 0 Å². The van der Waals surface area contributed by atoms with Gasteiger partial charge in [0, 0.05) is 28.9 Å². The first kappa shape index (κ1) is 20.8. The van der Waals surface area contributed by atoms with Crippen molar-refractivity contribution >= 4 is 16.6 Å². The molecule has 3 aromatic heterocycles. The number of halogens is 3. The van der Waals surface area contributed by atoms with Crippen molar-refractivity contribution < 1.29 is 17.9 Å². The fourth-order valence-corrected chi connectivity index (χ4v) is 3.89. The second-order valence-corrected chi connectivity index (χ2v) is 7.79. The van der Waals surface area contributed by atoms with Crippen LogP contribution in [0.4, 0.5) is 13.2 Å². The Hall–Kier alpha value is -4.07. The number of ether oxygens (including phenoxy) is 1. The molecule has 5 nitrogen and oxygen atoms in total. The fraction of sp³-hybridized carbons (Fsp3) is 0.120. The van der Waals surface area contributed by atoms with Gasteiger partial charge in [0.15, 0.2) is 5.43 Å². The molecule has 5 aromatic rings. The molecule has 33 heavy (non-hydrogen) atoms. The maximum absolute atomic E-state index is 12.8. The lowest BCUT2D eigenvalue weighted by molar-refractivity contribution is -0.274. The molecule has 0 bridgehead atoms. The van der Waals surface area contributed by atoms with Crippen LogP contribution in [0.2, 0.25) is 0 Å². The van der Waals surface area contributed by atoms with E-state index in [4.69, 9.17) is 4.98 Å². The second kappa shape index (κ2) is 7.81. The van der Waals surface area contributed by atoms with E-state index in [1.807, 2.05) is 47.1 Å². The van der Waals surface area contributed by atoms with Crippen molar-refractivity contribution in [2.24, 2.45) is 0 Å². The summed E-state index contributed by atoms with van der Waals surface area (Å²) in [6.07, 6.45) is -0.457. The lowest BCUT2D eigenvalue weighted by atomic mass is 10.1. The van der Waals surface area contributed by atoms with Gasteiger partial charge in [-0.2, -0.15) is 0 Å². The summed E-state index contributed by atoms with van der Waals surface area (Å²) in [5.74, 6) is -0.251. The van der Waals surface area contributed by atoms with Crippen molar-refractivity contribution in [3.63, 3.8) is 0 Å². The molecule has 0 amide bonds. The van der Waals surface area contributed by atoms with Crippen LogP contribution >= 0.6 is 0 Å². The first-order chi connectivity index (χ1) is 15.8. The molecular weight excluding hydrogens is 431 g/mol. The highest BCUT2D eigenvalue weighted by Gasteiger charge is 2.30. The zero-order valence-electron chi connectivity index (χ0n) is 17.5. The van der Waals surface area contributed by atoms with Gasteiger partial charge < -0.3 is 14.1 Å². The quantitative estimate of drug-likeness (QED) is 0.386. The molecular formula is C25H18F3N3O2. The third-order valence-electron chi connectivity index (χ3n) is 5.49. The molecule has 0 saturated carbocycles. The Balaban J connectivity index is 1.45. The van der Waals surface area contributed by atoms with Crippen LogP contribution in [-0.2, 0) is 6.42 Å². The van der Waals surface area contributed by atoms with Gasteiger partial charge in [0.05, 0.1) is 5.69 Å². The first-order valence-electron chi connectivity index (χ1n) is 10.2. The van der Waals surface area contributed by atoms with Crippen LogP contribution in [0, 0.1) is 6.92 Å². The molecule has 8 heteroatoms. The maximum Gasteiger partial charge on any atom is 0.573 e. The molecule has 0 atom stereocenters. The molecule has 0 spiro atoms. The Morgan fingerprint density at radius 2 is 1.79 bits per heavy atom. The van der Waals surface area contributed by atoms with Gasteiger partial charge >= 0.3 is 6.36 Å². The number of aromatic nitrogens is 3. The zero-order valence-corrected chi connectivity index (χ0v) is 17.5. The maximum atomic E-state index is 12.8. The van der Waals surface area contributed by atoms with Crippen molar-refractivity contribution in [2.45, 2.75) is 19.7 Å². The normalized spacial score (nSPS) is 11.9. The van der Waals surface area contributed by atoms with Crippen molar-refractivity contribution in [2.75, 3.05) is 0 Å². The molecule has 0 aliphatic rings. The van der Waals surface area contributed by atoms with Crippen molar-refractivity contribution in [3.05, 3.63) is 100.0 Å². The Bertz CT molecular complexity index is 1530. The summed E-state index contributed by atoms with van der Waals surface area (Å²) in [6.45, 7) is 1.78. The van der Waals surface area contributed by atoms with E-state index in [0.717, 1.165) is 16.6 Å². The molecule has 5 rings (SSSR count). The molecule has 1 N–H and O–H groups in total. The fourth-order valence-electron chi connectivity index (χ4n) is 3.89. The van der Waals surface area contributed by atoms with Gasteiger partial charge in [-0.15, -0.1) is 13.2 Å². The molecule has 0 unspecified atom stereocenters. The minimum atomic E-state index is -4.71. The van der Waals surface area contributed by atoms with Crippen molar-refractivity contribution in [1.82, 2.24) is 14.4 Å². The number of aromatic amines is 1. The number of H-pyrrole nitrogens is 1. The third-order valence-corrected chi connectivity index (χ3v) is 5.49. The third kappa shape index (κ3) is 4.19. The van der Waals surface area contributed by atoms with Gasteiger partial charge in [0.25, 0.3) is 0 Å². The van der Waals surface area contributed by atoms with E-state index in [0.29, 0.717) is 34.4 Å². The number of benzene rings is 2. The van der Waals surface area contributed by atoms with Crippen LogP contribution in [0.1, 0.15) is 16.7 Å². The standard InChI is InChI=1S/C25H18F3N3O2/c1-15-23(30-20-5-3-2-4-19(20)24(15)32)21-14-31-11-10-17(13-22(31)29-21)12-16-6-8-18(9-7-16)33-25(26,27)28/h2-11,13-14H,12H2,1H3,(H,30,32). The molecule has 0 radical (unpaired) electrons. The minimum Gasteiger partial charge on any atom is -0.406 e. The number of fused-ring (bicyclic) bond motifs is 2. The number of hydrogen-bond donors (Lipinski definition) is 1. The van der Waals surface area contributed by atoms with Crippen LogP contribution in [0.15, 0.2) is 77.9 Å². The lowest BCUT2D eigenvalue weighted by Crippen LogP contribution is -2.17. The number of hydrogen-bond acceptors (Lipinski definition) is 3. The molecule has 0 aliphatic carbocycles. The zero-order chi connectivity index (χ0) is 23.2. The molecule has 166 valence electrons. The summed E-state index contributed by atoms with van der Waals surface area (Å²) in [4.78, 5) is 20.8. The van der Waals surface area contributed by atoms with E-state index in [1.54, 1.807) is 25.1 Å². The van der Waals surface area contributed by atoms with Crippen LogP contribution in [0.25, 0.3) is 27.9 Å². The summed E-state index contributed by atoms with van der Waals surface area (Å²) in [5.41, 5.74) is 5.13. The molecule has 2 aromatic carbocycles. The number of para-hydroxylation sites is 1. The smallest absolute Gasteiger partial charge is 0.406 e. The SMILES string of the molecule is Cc1c(-c2cn3ccc(Cc4ccc(OC(F)(F)F)cc4)cc3n2)[nH]c2ccccc2c1=O. The van der Waals surface area contributed by atoms with Gasteiger partial charge in [-0.25, -0.2) is 4.98 Å². The average Bonchev–Trinajstić information content (AvgIpc) is 3.20. The summed E-state index contributed by atoms with van der Waals surface area (Å²) < 4.78 is 42.8. The van der Waals surface area contributed by atoms with E-state index in [1.165, 1.54) is 12.1 Å². The minimum absolute atomic E-state index is 0.0324. The van der Waals surface area contributed by atoms with Crippen LogP contribution in [-0.4, -0.2) is 20.7 Å². The monoisotopic (exact) mass is 449 g/mol. The first-order valence-corrected chi connectivity index (χ1v) is 10.2. The molecule has 3 heterocycles. The summed E-state index contributed by atoms with van der Waals surface area (Å²) >= 11 is 0. The Morgan fingerprint density at radius 3 is 2.55 bits per heavy atom. The highest BCUT2D eigenvalue weighted by Crippen LogP contribution is 2.25. The highest BCUT2D eigenvalue weighted by atomic mass is 19.4. The highest BCUT2D eigenvalue weighted by molar-refractivity contribution is 5.82. The predicted molar refractivity (Wildman–Crippen MR) is 119 cm³/mol. The number of alkyl halides is 3. The van der Waals surface area contributed by atoms with Gasteiger partial charge in [-0.1, -0.05) is 24.3 Å². The number of nitrogens with zero attached hydrogens (tertiary/aromatic N) is 2. The van der Waals surface area contributed by atoms with Crippen molar-refractivity contribution in [1.29, 1.82) is 0 Å². The Kier molecular flexibility index (Phi) is 4.92. The van der Waals surface area contributed by atoms with Gasteiger partial charge in [0.2, 0.25) is 0 Å².